The Morgan fingerprint density at radius 2 is 1.91 bits per heavy atom. The van der Waals surface area contributed by atoms with Gasteiger partial charge in [0.1, 0.15) is 5.70 Å². The number of hydrogen-bond donors (Lipinski definition) is 1. The average molecular weight is 323 g/mol. The van der Waals surface area contributed by atoms with E-state index in [1.54, 1.807) is 6.07 Å². The number of halogens is 2. The van der Waals surface area contributed by atoms with Gasteiger partial charge in [0.25, 0.3) is 0 Å². The van der Waals surface area contributed by atoms with Crippen LogP contribution in [0.3, 0.4) is 0 Å². The van der Waals surface area contributed by atoms with E-state index < -0.39 is 11.8 Å². The molecule has 0 spiro atoms. The first-order valence-corrected chi connectivity index (χ1v) is 6.87. The van der Waals surface area contributed by atoms with Crippen molar-refractivity contribution in [2.75, 3.05) is 0 Å². The largest absolute Gasteiger partial charge is 0.586 e. The van der Waals surface area contributed by atoms with E-state index in [-0.39, 0.29) is 11.5 Å². The number of benzene rings is 1. The highest BCUT2D eigenvalue weighted by molar-refractivity contribution is 6.10. The molecule has 1 aromatic rings. The van der Waals surface area contributed by atoms with E-state index in [9.17, 15) is 14.0 Å². The van der Waals surface area contributed by atoms with Gasteiger partial charge in [0.2, 0.25) is 0 Å². The maximum Gasteiger partial charge on any atom is 0.586 e. The zero-order valence-electron chi connectivity index (χ0n) is 12.7. The molecule has 23 heavy (non-hydrogen) atoms. The number of hydrogen-bond acceptors (Lipinski definition) is 6. The summed E-state index contributed by atoms with van der Waals surface area (Å²) in [6.45, 7) is 5.50. The maximum absolute atomic E-state index is 13.0. The molecule has 0 fully saturated rings. The lowest BCUT2D eigenvalue weighted by molar-refractivity contribution is -0.286. The van der Waals surface area contributed by atoms with Crippen molar-refractivity contribution in [3.8, 4) is 11.5 Å². The SMILES string of the molecule is CC(C)(C)N(O)C=C1C=NC(c2ccc3c(c2)OC(F)(F)O3)=N1. The molecule has 0 unspecified atom stereocenters. The van der Waals surface area contributed by atoms with Crippen molar-refractivity contribution in [3.05, 3.63) is 35.7 Å². The summed E-state index contributed by atoms with van der Waals surface area (Å²) in [5.41, 5.74) is 0.467. The molecule has 0 saturated heterocycles. The summed E-state index contributed by atoms with van der Waals surface area (Å²) in [5, 5.41) is 10.9. The predicted molar refractivity (Wildman–Crippen MR) is 79.1 cm³/mol. The molecule has 1 N–H and O–H groups in total. The van der Waals surface area contributed by atoms with Gasteiger partial charge in [0, 0.05) is 5.56 Å². The van der Waals surface area contributed by atoms with E-state index >= 15 is 0 Å². The molecule has 1 aromatic carbocycles. The lowest BCUT2D eigenvalue weighted by Crippen LogP contribution is -2.34. The summed E-state index contributed by atoms with van der Waals surface area (Å²) in [7, 11) is 0. The molecule has 2 aliphatic heterocycles. The van der Waals surface area contributed by atoms with Crippen LogP contribution in [-0.2, 0) is 0 Å². The van der Waals surface area contributed by atoms with Crippen molar-refractivity contribution in [1.82, 2.24) is 5.06 Å². The average Bonchev–Trinajstić information content (AvgIpc) is 2.98. The molecule has 0 aromatic heterocycles. The van der Waals surface area contributed by atoms with E-state index in [1.807, 2.05) is 20.8 Å². The van der Waals surface area contributed by atoms with E-state index in [0.29, 0.717) is 17.1 Å². The molecular formula is C15H15F2N3O3. The third-order valence-electron chi connectivity index (χ3n) is 3.16. The third kappa shape index (κ3) is 3.16. The van der Waals surface area contributed by atoms with Gasteiger partial charge in [-0.2, -0.15) is 0 Å². The van der Waals surface area contributed by atoms with Gasteiger partial charge < -0.3 is 9.47 Å². The van der Waals surface area contributed by atoms with E-state index in [2.05, 4.69) is 19.5 Å². The summed E-state index contributed by atoms with van der Waals surface area (Å²) < 4.78 is 34.8. The standard InChI is InChI=1S/C15H15F2N3O3/c1-14(2,3)20(21)8-10-7-18-13(19-10)9-4-5-11-12(6-9)23-15(16,17)22-11/h4-8,21H,1-3H3. The van der Waals surface area contributed by atoms with Crippen LogP contribution in [0.15, 0.2) is 40.1 Å². The summed E-state index contributed by atoms with van der Waals surface area (Å²) in [4.78, 5) is 8.36. The summed E-state index contributed by atoms with van der Waals surface area (Å²) in [5.74, 6) is 0.229. The second kappa shape index (κ2) is 5.02. The van der Waals surface area contributed by atoms with Crippen LogP contribution in [0.4, 0.5) is 8.78 Å². The number of allylic oxidation sites excluding steroid dienone is 1. The summed E-state index contributed by atoms with van der Waals surface area (Å²) in [6, 6.07) is 4.32. The molecular weight excluding hydrogens is 308 g/mol. The van der Waals surface area contributed by atoms with Gasteiger partial charge >= 0.3 is 6.29 Å². The molecule has 0 bridgehead atoms. The lowest BCUT2D eigenvalue weighted by atomic mass is 10.1. The minimum Gasteiger partial charge on any atom is -0.395 e. The highest BCUT2D eigenvalue weighted by atomic mass is 19.3. The lowest BCUT2D eigenvalue weighted by Gasteiger charge is -2.27. The van der Waals surface area contributed by atoms with Gasteiger partial charge in [-0.1, -0.05) is 0 Å². The topological polar surface area (TPSA) is 66.7 Å². The highest BCUT2D eigenvalue weighted by Crippen LogP contribution is 2.41. The number of fused-ring (bicyclic) bond motifs is 1. The molecule has 0 saturated carbocycles. The van der Waals surface area contributed by atoms with Crippen molar-refractivity contribution in [2.24, 2.45) is 9.98 Å². The second-order valence-electron chi connectivity index (χ2n) is 6.09. The first kappa shape index (κ1) is 15.4. The molecule has 0 radical (unpaired) electrons. The maximum atomic E-state index is 13.0. The Balaban J connectivity index is 1.84. The number of alkyl halides is 2. The molecule has 8 heteroatoms. The van der Waals surface area contributed by atoms with Crippen LogP contribution in [0.1, 0.15) is 26.3 Å². The molecule has 0 aliphatic carbocycles. The van der Waals surface area contributed by atoms with Gasteiger partial charge in [0.15, 0.2) is 17.3 Å². The van der Waals surface area contributed by atoms with Gasteiger partial charge in [0.05, 0.1) is 18.0 Å². The Hall–Kier alpha value is -2.48. The molecule has 0 amide bonds. The number of amidine groups is 1. The first-order valence-electron chi connectivity index (χ1n) is 6.87. The van der Waals surface area contributed by atoms with Crippen molar-refractivity contribution in [1.29, 1.82) is 0 Å². The number of nitrogens with zero attached hydrogens (tertiary/aromatic N) is 3. The van der Waals surface area contributed by atoms with Gasteiger partial charge in [-0.3, -0.25) is 10.3 Å². The van der Waals surface area contributed by atoms with E-state index in [1.165, 1.54) is 24.5 Å². The Morgan fingerprint density at radius 1 is 1.22 bits per heavy atom. The molecule has 0 atom stereocenters. The van der Waals surface area contributed by atoms with Crippen LogP contribution in [0.2, 0.25) is 0 Å². The van der Waals surface area contributed by atoms with Crippen molar-refractivity contribution in [2.45, 2.75) is 32.6 Å². The van der Waals surface area contributed by atoms with Gasteiger partial charge in [-0.05, 0) is 39.0 Å². The number of ether oxygens (including phenoxy) is 2. The highest BCUT2D eigenvalue weighted by Gasteiger charge is 2.43. The van der Waals surface area contributed by atoms with Crippen LogP contribution in [-0.4, -0.2) is 34.2 Å². The molecule has 6 nitrogen and oxygen atoms in total. The zero-order chi connectivity index (χ0) is 16.8. The van der Waals surface area contributed by atoms with Crippen molar-refractivity contribution >= 4 is 12.1 Å². The van der Waals surface area contributed by atoms with Crippen molar-refractivity contribution in [3.63, 3.8) is 0 Å². The smallest absolute Gasteiger partial charge is 0.395 e. The number of hydroxylamine groups is 2. The monoisotopic (exact) mass is 323 g/mol. The molecule has 122 valence electrons. The van der Waals surface area contributed by atoms with E-state index in [4.69, 9.17) is 0 Å². The molecule has 2 heterocycles. The fourth-order valence-corrected chi connectivity index (χ4v) is 1.92. The minimum atomic E-state index is -3.66. The predicted octanol–water partition coefficient (Wildman–Crippen LogP) is 3.17. The van der Waals surface area contributed by atoms with Crippen LogP contribution >= 0.6 is 0 Å². The van der Waals surface area contributed by atoms with Crippen LogP contribution in [0.25, 0.3) is 0 Å². The number of aliphatic imine (C=N–C) groups is 2. The second-order valence-corrected chi connectivity index (χ2v) is 6.09. The van der Waals surface area contributed by atoms with Crippen LogP contribution in [0.5, 0.6) is 11.5 Å². The van der Waals surface area contributed by atoms with Crippen LogP contribution < -0.4 is 9.47 Å². The summed E-state index contributed by atoms with van der Waals surface area (Å²) in [6.07, 6.45) is -0.738. The van der Waals surface area contributed by atoms with Gasteiger partial charge in [-0.15, -0.1) is 8.78 Å². The molecule has 3 rings (SSSR count). The molecule has 2 aliphatic rings. The third-order valence-corrected chi connectivity index (χ3v) is 3.16. The fraction of sp³-hybridized carbons (Fsp3) is 0.333. The number of rotatable bonds is 2. The Morgan fingerprint density at radius 3 is 2.61 bits per heavy atom. The summed E-state index contributed by atoms with van der Waals surface area (Å²) >= 11 is 0. The Labute approximate surface area is 131 Å². The Kier molecular flexibility index (Phi) is 3.36. The van der Waals surface area contributed by atoms with E-state index in [0.717, 1.165) is 5.06 Å². The van der Waals surface area contributed by atoms with Crippen molar-refractivity contribution < 1.29 is 23.5 Å². The quantitative estimate of drug-likeness (QED) is 0.849. The Bertz CT molecular complexity index is 736. The first-order chi connectivity index (χ1) is 10.6. The van der Waals surface area contributed by atoms with Crippen LogP contribution in [0, 0.1) is 0 Å². The van der Waals surface area contributed by atoms with Gasteiger partial charge in [-0.25, -0.2) is 9.98 Å². The normalized spacial score (nSPS) is 20.1. The minimum absolute atomic E-state index is 0.0358. The fourth-order valence-electron chi connectivity index (χ4n) is 1.92. The zero-order valence-corrected chi connectivity index (χ0v) is 12.7.